The van der Waals surface area contributed by atoms with E-state index in [0.717, 1.165) is 5.56 Å². The van der Waals surface area contributed by atoms with E-state index in [1.165, 1.54) is 25.6 Å². The third kappa shape index (κ3) is 3.96. The Balaban J connectivity index is 2.19. The Morgan fingerprint density at radius 1 is 1.29 bits per heavy atom. The van der Waals surface area contributed by atoms with Crippen molar-refractivity contribution < 1.29 is 14.4 Å². The minimum absolute atomic E-state index is 0.0115. The number of thiazole rings is 1. The first-order valence-corrected chi connectivity index (χ1v) is 6.87. The predicted molar refractivity (Wildman–Crippen MR) is 81.4 cm³/mol. The maximum atomic E-state index is 11.6. The van der Waals surface area contributed by atoms with Gasteiger partial charge in [-0.25, -0.2) is 14.8 Å². The van der Waals surface area contributed by atoms with Crippen LogP contribution >= 0.6 is 11.3 Å². The molecule has 1 heterocycles. The number of aliphatic imine (C=N–C) groups is 1. The molecule has 0 saturated heterocycles. The molecule has 1 aromatic heterocycles. The van der Waals surface area contributed by atoms with E-state index in [4.69, 9.17) is 0 Å². The smallest absolute Gasteiger partial charge is 0.362 e. The summed E-state index contributed by atoms with van der Waals surface area (Å²) in [4.78, 5) is 24.7. The average molecular weight is 303 g/mol. The second-order valence-electron chi connectivity index (χ2n) is 3.80. The van der Waals surface area contributed by atoms with E-state index in [0.29, 0.717) is 10.8 Å². The molecule has 6 nitrogen and oxygen atoms in total. The SMILES string of the molecule is CO/N=C(\C(=O)OC)c1csc(/N=C/c2ccccc2)n1. The molecule has 1 aromatic carbocycles. The lowest BCUT2D eigenvalue weighted by Crippen LogP contribution is -2.17. The van der Waals surface area contributed by atoms with Crippen LogP contribution in [0.5, 0.6) is 0 Å². The molecule has 0 aliphatic carbocycles. The normalized spacial score (nSPS) is 11.6. The Morgan fingerprint density at radius 2 is 2.05 bits per heavy atom. The van der Waals surface area contributed by atoms with Gasteiger partial charge in [-0.15, -0.1) is 11.3 Å². The van der Waals surface area contributed by atoms with Crippen molar-refractivity contribution in [3.8, 4) is 0 Å². The minimum Gasteiger partial charge on any atom is -0.464 e. The number of aromatic nitrogens is 1. The first kappa shape index (κ1) is 14.9. The molecule has 7 heteroatoms. The van der Waals surface area contributed by atoms with Gasteiger partial charge in [0.15, 0.2) is 0 Å². The number of hydrogen-bond acceptors (Lipinski definition) is 7. The van der Waals surface area contributed by atoms with Crippen molar-refractivity contribution in [3.05, 3.63) is 47.0 Å². The zero-order valence-electron chi connectivity index (χ0n) is 11.5. The first-order chi connectivity index (χ1) is 10.2. The van der Waals surface area contributed by atoms with E-state index in [-0.39, 0.29) is 5.71 Å². The van der Waals surface area contributed by atoms with Crippen LogP contribution in [0.3, 0.4) is 0 Å². The third-order valence-corrected chi connectivity index (χ3v) is 3.17. The molecule has 0 spiro atoms. The molecule has 0 bridgehead atoms. The number of methoxy groups -OCH3 is 1. The summed E-state index contributed by atoms with van der Waals surface area (Å²) < 4.78 is 4.63. The quantitative estimate of drug-likeness (QED) is 0.483. The summed E-state index contributed by atoms with van der Waals surface area (Å²) in [6, 6.07) is 9.65. The molecule has 2 aromatic rings. The summed E-state index contributed by atoms with van der Waals surface area (Å²) in [5, 5.41) is 5.82. The number of ether oxygens (including phenoxy) is 1. The summed E-state index contributed by atoms with van der Waals surface area (Å²) in [5.41, 5.74) is 1.35. The summed E-state index contributed by atoms with van der Waals surface area (Å²) in [6.45, 7) is 0. The second kappa shape index (κ2) is 7.30. The summed E-state index contributed by atoms with van der Waals surface area (Å²) in [6.07, 6.45) is 1.70. The summed E-state index contributed by atoms with van der Waals surface area (Å²) in [5.74, 6) is -0.610. The van der Waals surface area contributed by atoms with E-state index in [2.05, 4.69) is 24.7 Å². The van der Waals surface area contributed by atoms with Crippen LogP contribution in [0, 0.1) is 0 Å². The van der Waals surface area contributed by atoms with Crippen molar-refractivity contribution in [2.45, 2.75) is 0 Å². The van der Waals surface area contributed by atoms with Crippen molar-refractivity contribution in [1.29, 1.82) is 0 Å². The van der Waals surface area contributed by atoms with Crippen LogP contribution < -0.4 is 0 Å². The maximum absolute atomic E-state index is 11.6. The molecular formula is C14H13N3O3S. The molecule has 0 aliphatic rings. The number of esters is 1. The Kier molecular flexibility index (Phi) is 5.16. The Morgan fingerprint density at radius 3 is 2.71 bits per heavy atom. The van der Waals surface area contributed by atoms with Crippen molar-refractivity contribution >= 4 is 34.4 Å². The maximum Gasteiger partial charge on any atom is 0.362 e. The predicted octanol–water partition coefficient (Wildman–Crippen LogP) is 2.42. The standard InChI is InChI=1S/C14H13N3O3S/c1-19-13(18)12(17-20-2)11-9-21-14(16-11)15-8-10-6-4-3-5-7-10/h3-9H,1-2H3/b15-8+,17-12-. The Hall–Kier alpha value is -2.54. The first-order valence-electron chi connectivity index (χ1n) is 5.99. The largest absolute Gasteiger partial charge is 0.464 e. The van der Waals surface area contributed by atoms with Gasteiger partial charge in [-0.3, -0.25) is 0 Å². The van der Waals surface area contributed by atoms with Crippen LogP contribution in [0.1, 0.15) is 11.3 Å². The van der Waals surface area contributed by atoms with Gasteiger partial charge in [0.2, 0.25) is 10.8 Å². The molecule has 0 amide bonds. The van der Waals surface area contributed by atoms with Crippen molar-refractivity contribution in [2.75, 3.05) is 14.2 Å². The Bertz CT molecular complexity index is 665. The van der Waals surface area contributed by atoms with Crippen molar-refractivity contribution in [3.63, 3.8) is 0 Å². The van der Waals surface area contributed by atoms with Gasteiger partial charge in [0.25, 0.3) is 0 Å². The minimum atomic E-state index is -0.610. The van der Waals surface area contributed by atoms with Crippen LogP contribution in [0.15, 0.2) is 45.9 Å². The van der Waals surface area contributed by atoms with E-state index < -0.39 is 5.97 Å². The fourth-order valence-electron chi connectivity index (χ4n) is 1.48. The fraction of sp³-hybridized carbons (Fsp3) is 0.143. The zero-order chi connectivity index (χ0) is 15.1. The van der Waals surface area contributed by atoms with Crippen molar-refractivity contribution in [2.24, 2.45) is 10.1 Å². The molecule has 108 valence electrons. The number of hydrogen-bond donors (Lipinski definition) is 0. The van der Waals surface area contributed by atoms with Crippen molar-refractivity contribution in [1.82, 2.24) is 4.98 Å². The molecule has 21 heavy (non-hydrogen) atoms. The van der Waals surface area contributed by atoms with Gasteiger partial charge in [0, 0.05) is 11.6 Å². The molecular weight excluding hydrogens is 290 g/mol. The van der Waals surface area contributed by atoms with Gasteiger partial charge < -0.3 is 9.57 Å². The second-order valence-corrected chi connectivity index (χ2v) is 4.63. The van der Waals surface area contributed by atoms with Crippen LogP contribution in [0.25, 0.3) is 0 Å². The number of oxime groups is 1. The highest BCUT2D eigenvalue weighted by molar-refractivity contribution is 7.13. The molecule has 0 saturated carbocycles. The lowest BCUT2D eigenvalue weighted by molar-refractivity contribution is -0.132. The number of carbonyl (C=O) groups excluding carboxylic acids is 1. The lowest BCUT2D eigenvalue weighted by atomic mass is 10.2. The van der Waals surface area contributed by atoms with Gasteiger partial charge in [-0.1, -0.05) is 35.5 Å². The van der Waals surface area contributed by atoms with E-state index in [9.17, 15) is 4.79 Å². The molecule has 0 atom stereocenters. The molecule has 0 aliphatic heterocycles. The lowest BCUT2D eigenvalue weighted by Gasteiger charge is -1.99. The van der Waals surface area contributed by atoms with Crippen LogP contribution in [0.4, 0.5) is 5.13 Å². The van der Waals surface area contributed by atoms with E-state index in [1.54, 1.807) is 11.6 Å². The highest BCUT2D eigenvalue weighted by Gasteiger charge is 2.18. The summed E-state index contributed by atoms with van der Waals surface area (Å²) in [7, 11) is 2.62. The average Bonchev–Trinajstić information content (AvgIpc) is 2.99. The summed E-state index contributed by atoms with van der Waals surface area (Å²) >= 11 is 1.30. The highest BCUT2D eigenvalue weighted by atomic mass is 32.1. The van der Waals surface area contributed by atoms with E-state index in [1.807, 2.05) is 30.3 Å². The van der Waals surface area contributed by atoms with Crippen LogP contribution in [0.2, 0.25) is 0 Å². The van der Waals surface area contributed by atoms with Crippen LogP contribution in [-0.4, -0.2) is 37.1 Å². The number of rotatable bonds is 5. The third-order valence-electron chi connectivity index (χ3n) is 2.42. The molecule has 0 N–H and O–H groups in total. The molecule has 0 fully saturated rings. The molecule has 0 radical (unpaired) electrons. The topological polar surface area (TPSA) is 73.1 Å². The molecule has 2 rings (SSSR count). The monoisotopic (exact) mass is 303 g/mol. The van der Waals surface area contributed by atoms with Gasteiger partial charge in [-0.05, 0) is 5.56 Å². The molecule has 0 unspecified atom stereocenters. The number of carbonyl (C=O) groups is 1. The highest BCUT2D eigenvalue weighted by Crippen LogP contribution is 2.19. The Labute approximate surface area is 125 Å². The van der Waals surface area contributed by atoms with Gasteiger partial charge >= 0.3 is 5.97 Å². The van der Waals surface area contributed by atoms with Gasteiger partial charge in [0.05, 0.1) is 7.11 Å². The number of benzene rings is 1. The fourth-order valence-corrected chi connectivity index (χ4v) is 2.12. The van der Waals surface area contributed by atoms with Gasteiger partial charge in [-0.2, -0.15) is 0 Å². The van der Waals surface area contributed by atoms with Crippen LogP contribution in [-0.2, 0) is 14.4 Å². The zero-order valence-corrected chi connectivity index (χ0v) is 12.3. The van der Waals surface area contributed by atoms with E-state index >= 15 is 0 Å². The number of nitrogens with zero attached hydrogens (tertiary/aromatic N) is 3. The van der Waals surface area contributed by atoms with Gasteiger partial charge in [0.1, 0.15) is 12.8 Å².